The second-order valence-electron chi connectivity index (χ2n) is 6.14. The quantitative estimate of drug-likeness (QED) is 0.917. The third kappa shape index (κ3) is 3.03. The number of nitrogens with one attached hydrogen (secondary N) is 1. The molecule has 1 aromatic rings. The molecule has 0 bridgehead atoms. The molecule has 1 fully saturated rings. The first-order valence-electron chi connectivity index (χ1n) is 7.46. The maximum Gasteiger partial charge on any atom is 0.135 e. The van der Waals surface area contributed by atoms with E-state index in [1.807, 2.05) is 7.05 Å². The highest BCUT2D eigenvalue weighted by atomic mass is 15.3. The standard InChI is InChI=1S/C15H27N5/c1-10(2)15-17-13(16-5)7-14(18-15)20-8-11(3)19(6)12(4)9-20/h7,10-12H,8-9H2,1-6H3,(H,16,17,18). The van der Waals surface area contributed by atoms with Crippen molar-refractivity contribution < 1.29 is 0 Å². The zero-order chi connectivity index (χ0) is 14.9. The summed E-state index contributed by atoms with van der Waals surface area (Å²) in [6, 6.07) is 3.12. The summed E-state index contributed by atoms with van der Waals surface area (Å²) in [5.74, 6) is 3.19. The number of piperazine rings is 1. The molecule has 1 saturated heterocycles. The van der Waals surface area contributed by atoms with Gasteiger partial charge in [0, 0.05) is 44.2 Å². The van der Waals surface area contributed by atoms with Crippen molar-refractivity contribution in [1.82, 2.24) is 14.9 Å². The molecule has 0 aliphatic carbocycles. The van der Waals surface area contributed by atoms with Gasteiger partial charge in [-0.25, -0.2) is 9.97 Å². The molecule has 0 saturated carbocycles. The Morgan fingerprint density at radius 3 is 2.30 bits per heavy atom. The van der Waals surface area contributed by atoms with Gasteiger partial charge in [-0.2, -0.15) is 0 Å². The Kier molecular flexibility index (Phi) is 4.48. The molecule has 1 aromatic heterocycles. The van der Waals surface area contributed by atoms with Crippen LogP contribution in [0.5, 0.6) is 0 Å². The summed E-state index contributed by atoms with van der Waals surface area (Å²) in [6.07, 6.45) is 0. The number of likely N-dealkylation sites (N-methyl/N-ethyl adjacent to an activating group) is 1. The van der Waals surface area contributed by atoms with Crippen molar-refractivity contribution in [3.63, 3.8) is 0 Å². The van der Waals surface area contributed by atoms with Gasteiger partial charge in [0.05, 0.1) is 0 Å². The Balaban J connectivity index is 2.30. The van der Waals surface area contributed by atoms with Crippen LogP contribution < -0.4 is 10.2 Å². The highest BCUT2D eigenvalue weighted by Crippen LogP contribution is 2.23. The smallest absolute Gasteiger partial charge is 0.135 e. The summed E-state index contributed by atoms with van der Waals surface area (Å²) in [4.78, 5) is 14.1. The Morgan fingerprint density at radius 1 is 1.20 bits per heavy atom. The molecule has 2 rings (SSSR count). The molecule has 5 heteroatoms. The summed E-state index contributed by atoms with van der Waals surface area (Å²) in [5, 5.41) is 3.14. The highest BCUT2D eigenvalue weighted by molar-refractivity contribution is 5.50. The van der Waals surface area contributed by atoms with Crippen LogP contribution in [-0.2, 0) is 0 Å². The van der Waals surface area contributed by atoms with Crippen molar-refractivity contribution in [1.29, 1.82) is 0 Å². The molecule has 0 radical (unpaired) electrons. The maximum atomic E-state index is 4.75. The Bertz CT molecular complexity index is 448. The third-order valence-electron chi connectivity index (χ3n) is 4.19. The van der Waals surface area contributed by atoms with Gasteiger partial charge in [-0.05, 0) is 20.9 Å². The number of hydrogen-bond acceptors (Lipinski definition) is 5. The lowest BCUT2D eigenvalue weighted by atomic mass is 10.1. The average Bonchev–Trinajstić information content (AvgIpc) is 2.43. The van der Waals surface area contributed by atoms with E-state index in [1.54, 1.807) is 0 Å². The molecule has 2 unspecified atom stereocenters. The number of anilines is 2. The van der Waals surface area contributed by atoms with Gasteiger partial charge in [0.15, 0.2) is 0 Å². The summed E-state index contributed by atoms with van der Waals surface area (Å²) in [6.45, 7) is 10.8. The van der Waals surface area contributed by atoms with Gasteiger partial charge in [-0.1, -0.05) is 13.8 Å². The molecular formula is C15H27N5. The minimum absolute atomic E-state index is 0.337. The van der Waals surface area contributed by atoms with Gasteiger partial charge < -0.3 is 10.2 Å². The van der Waals surface area contributed by atoms with Crippen LogP contribution in [0.4, 0.5) is 11.6 Å². The zero-order valence-electron chi connectivity index (χ0n) is 13.5. The maximum absolute atomic E-state index is 4.75. The molecule has 0 spiro atoms. The first kappa shape index (κ1) is 15.0. The van der Waals surface area contributed by atoms with Gasteiger partial charge in [0.1, 0.15) is 17.5 Å². The van der Waals surface area contributed by atoms with Crippen LogP contribution in [0.15, 0.2) is 6.07 Å². The molecule has 2 atom stereocenters. The largest absolute Gasteiger partial charge is 0.373 e. The van der Waals surface area contributed by atoms with E-state index >= 15 is 0 Å². The first-order chi connectivity index (χ1) is 9.42. The van der Waals surface area contributed by atoms with E-state index < -0.39 is 0 Å². The molecule has 0 amide bonds. The van der Waals surface area contributed by atoms with Crippen molar-refractivity contribution >= 4 is 11.6 Å². The lowest BCUT2D eigenvalue weighted by Crippen LogP contribution is -2.55. The normalized spacial score (nSPS) is 24.2. The van der Waals surface area contributed by atoms with Crippen molar-refractivity contribution in [2.24, 2.45) is 0 Å². The predicted molar refractivity (Wildman–Crippen MR) is 84.6 cm³/mol. The van der Waals surface area contributed by atoms with Gasteiger partial charge in [0.25, 0.3) is 0 Å². The van der Waals surface area contributed by atoms with Gasteiger partial charge in [0.2, 0.25) is 0 Å². The minimum atomic E-state index is 0.337. The summed E-state index contributed by atoms with van der Waals surface area (Å²) in [5.41, 5.74) is 0. The van der Waals surface area contributed by atoms with E-state index in [9.17, 15) is 0 Å². The average molecular weight is 277 g/mol. The van der Waals surface area contributed by atoms with Gasteiger partial charge in [-0.3, -0.25) is 4.90 Å². The highest BCUT2D eigenvalue weighted by Gasteiger charge is 2.27. The number of nitrogens with zero attached hydrogens (tertiary/aromatic N) is 4. The fourth-order valence-corrected chi connectivity index (χ4v) is 2.59. The Morgan fingerprint density at radius 2 is 1.80 bits per heavy atom. The lowest BCUT2D eigenvalue weighted by Gasteiger charge is -2.43. The second-order valence-corrected chi connectivity index (χ2v) is 6.14. The Hall–Kier alpha value is -1.36. The van der Waals surface area contributed by atoms with E-state index in [4.69, 9.17) is 4.98 Å². The summed E-state index contributed by atoms with van der Waals surface area (Å²) >= 11 is 0. The molecule has 1 aliphatic heterocycles. The van der Waals surface area contributed by atoms with Crippen molar-refractivity contribution in [3.8, 4) is 0 Å². The predicted octanol–water partition coefficient (Wildman–Crippen LogP) is 2.17. The Labute approximate surface area is 122 Å². The van der Waals surface area contributed by atoms with E-state index in [-0.39, 0.29) is 0 Å². The monoisotopic (exact) mass is 277 g/mol. The molecule has 1 N–H and O–H groups in total. The van der Waals surface area contributed by atoms with Crippen LogP contribution in [0, 0.1) is 0 Å². The number of hydrogen-bond donors (Lipinski definition) is 1. The van der Waals surface area contributed by atoms with Crippen LogP contribution >= 0.6 is 0 Å². The molecule has 0 aromatic carbocycles. The molecule has 2 heterocycles. The van der Waals surface area contributed by atoms with Crippen molar-refractivity contribution in [2.45, 2.75) is 45.7 Å². The third-order valence-corrected chi connectivity index (χ3v) is 4.19. The molecular weight excluding hydrogens is 250 g/mol. The minimum Gasteiger partial charge on any atom is -0.373 e. The molecule has 20 heavy (non-hydrogen) atoms. The van der Waals surface area contributed by atoms with Crippen molar-refractivity contribution in [3.05, 3.63) is 11.9 Å². The topological polar surface area (TPSA) is 44.3 Å². The summed E-state index contributed by atoms with van der Waals surface area (Å²) < 4.78 is 0. The van der Waals surface area contributed by atoms with Crippen LogP contribution in [0.1, 0.15) is 39.4 Å². The zero-order valence-corrected chi connectivity index (χ0v) is 13.5. The molecule has 1 aliphatic rings. The number of rotatable bonds is 3. The van der Waals surface area contributed by atoms with Crippen LogP contribution in [0.25, 0.3) is 0 Å². The fourth-order valence-electron chi connectivity index (χ4n) is 2.59. The fraction of sp³-hybridized carbons (Fsp3) is 0.733. The van der Waals surface area contributed by atoms with Crippen LogP contribution in [0.2, 0.25) is 0 Å². The van der Waals surface area contributed by atoms with Crippen molar-refractivity contribution in [2.75, 3.05) is 37.4 Å². The van der Waals surface area contributed by atoms with E-state index in [0.717, 1.165) is 30.5 Å². The van der Waals surface area contributed by atoms with E-state index in [1.165, 1.54) is 0 Å². The van der Waals surface area contributed by atoms with E-state index in [2.05, 4.69) is 60.9 Å². The molecule has 112 valence electrons. The van der Waals surface area contributed by atoms with E-state index in [0.29, 0.717) is 18.0 Å². The molecule has 5 nitrogen and oxygen atoms in total. The van der Waals surface area contributed by atoms with Gasteiger partial charge >= 0.3 is 0 Å². The van der Waals surface area contributed by atoms with Crippen LogP contribution in [-0.4, -0.2) is 54.1 Å². The SMILES string of the molecule is CNc1cc(N2CC(C)N(C)C(C)C2)nc(C(C)C)n1. The lowest BCUT2D eigenvalue weighted by molar-refractivity contribution is 0.169. The van der Waals surface area contributed by atoms with Gasteiger partial charge in [-0.15, -0.1) is 0 Å². The van der Waals surface area contributed by atoms with Crippen LogP contribution in [0.3, 0.4) is 0 Å². The number of aromatic nitrogens is 2. The first-order valence-corrected chi connectivity index (χ1v) is 7.46. The summed E-state index contributed by atoms with van der Waals surface area (Å²) in [7, 11) is 4.11. The second kappa shape index (κ2) is 5.95.